The van der Waals surface area contributed by atoms with Crippen molar-refractivity contribution < 1.29 is 19.2 Å². The number of rotatable bonds is 2. The summed E-state index contributed by atoms with van der Waals surface area (Å²) in [6, 6.07) is -0.637. The fourth-order valence-corrected chi connectivity index (χ4v) is 0.373. The van der Waals surface area contributed by atoms with Crippen LogP contribution in [0.25, 0.3) is 0 Å². The molecule has 0 spiro atoms. The molecule has 0 unspecified atom stereocenters. The van der Waals surface area contributed by atoms with Gasteiger partial charge in [-0.2, -0.15) is 0 Å². The molecule has 0 saturated carbocycles. The number of carbonyl (C=O) groups is 1. The van der Waals surface area contributed by atoms with Crippen LogP contribution in [0.2, 0.25) is 0 Å². The average Bonchev–Trinajstić information content (AvgIpc) is 1.88. The van der Waals surface area contributed by atoms with Crippen molar-refractivity contribution in [3.63, 3.8) is 0 Å². The van der Waals surface area contributed by atoms with Crippen molar-refractivity contribution in [3.8, 4) is 0 Å². The molecule has 11 heavy (non-hydrogen) atoms. The Balaban J connectivity index is 3.89. The van der Waals surface area contributed by atoms with Crippen LogP contribution in [0, 0.1) is 5.41 Å². The fraction of sp³-hybridized carbons (Fsp3) is 0.500. The van der Waals surface area contributed by atoms with Gasteiger partial charge in [0.25, 0.3) is 0 Å². The Hall–Kier alpha value is -1.34. The van der Waals surface area contributed by atoms with Gasteiger partial charge >= 0.3 is 12.1 Å². The van der Waals surface area contributed by atoms with Gasteiger partial charge in [-0.25, -0.2) is 19.9 Å². The summed E-state index contributed by atoms with van der Waals surface area (Å²) in [7, 11) is 2.48. The lowest BCUT2D eigenvalue weighted by Gasteiger charge is -2.15. The molecular weight excluding hydrogens is 154 g/mol. The van der Waals surface area contributed by atoms with Gasteiger partial charge in [0.05, 0.1) is 14.2 Å². The molecule has 3 N–H and O–H groups in total. The third-order valence-electron chi connectivity index (χ3n) is 0.695. The summed E-state index contributed by atoms with van der Waals surface area (Å²) in [6.07, 6.45) is -1.10. The first-order chi connectivity index (χ1) is 5.11. The van der Waals surface area contributed by atoms with Gasteiger partial charge in [-0.3, -0.25) is 0 Å². The van der Waals surface area contributed by atoms with E-state index in [9.17, 15) is 4.79 Å². The van der Waals surface area contributed by atoms with Crippen LogP contribution in [0.4, 0.5) is 4.79 Å². The van der Waals surface area contributed by atoms with E-state index in [4.69, 9.17) is 5.41 Å². The zero-order chi connectivity index (χ0) is 8.85. The molecule has 0 saturated heterocycles. The largest absolute Gasteiger partial charge is 0.412 e. The summed E-state index contributed by atoms with van der Waals surface area (Å²) in [4.78, 5) is 18.9. The number of nitrogens with one attached hydrogen (secondary N) is 1. The number of nitrogens with zero attached hydrogens (tertiary/aromatic N) is 1. The molecule has 0 bridgehead atoms. The topological polar surface area (TPSA) is 97.9 Å². The van der Waals surface area contributed by atoms with E-state index in [0.29, 0.717) is 5.23 Å². The highest BCUT2D eigenvalue weighted by molar-refractivity contribution is 5.82. The van der Waals surface area contributed by atoms with Crippen molar-refractivity contribution in [3.05, 3.63) is 0 Å². The Bertz CT molecular complexity index is 155. The zero-order valence-electron chi connectivity index (χ0n) is 6.16. The number of hydrogen-bond donors (Lipinski definition) is 2. The molecule has 0 heterocycles. The minimum absolute atomic E-state index is 0.574. The predicted molar refractivity (Wildman–Crippen MR) is 34.3 cm³/mol. The quantitative estimate of drug-likeness (QED) is 0.323. The summed E-state index contributed by atoms with van der Waals surface area (Å²) < 4.78 is 4.09. The molecule has 0 radical (unpaired) electrons. The molecule has 0 aromatic heterocycles. The average molecular weight is 163 g/mol. The van der Waals surface area contributed by atoms with Crippen molar-refractivity contribution in [2.75, 3.05) is 14.2 Å². The summed E-state index contributed by atoms with van der Waals surface area (Å²) in [5, 5.41) is 7.50. The van der Waals surface area contributed by atoms with Gasteiger partial charge in [-0.15, -0.1) is 0 Å². The van der Waals surface area contributed by atoms with Gasteiger partial charge in [0.2, 0.25) is 0 Å². The maximum absolute atomic E-state index is 10.1. The van der Waals surface area contributed by atoms with Gasteiger partial charge in [-0.1, -0.05) is 5.23 Å². The monoisotopic (exact) mass is 163 g/mol. The molecule has 7 nitrogen and oxygen atoms in total. The normalized spacial score (nSPS) is 8.91. The van der Waals surface area contributed by atoms with E-state index in [2.05, 4.69) is 20.1 Å². The minimum Gasteiger partial charge on any atom is -0.373 e. The Morgan fingerprint density at radius 2 is 1.91 bits per heavy atom. The van der Waals surface area contributed by atoms with Gasteiger partial charge in [0.15, 0.2) is 0 Å². The maximum atomic E-state index is 10.1. The molecule has 0 atom stereocenters. The highest BCUT2D eigenvalue weighted by atomic mass is 17.0. The van der Waals surface area contributed by atoms with Gasteiger partial charge in [0.1, 0.15) is 0 Å². The molecule has 64 valence electrons. The number of amides is 1. The van der Waals surface area contributed by atoms with Crippen molar-refractivity contribution >= 4 is 12.1 Å². The first-order valence-corrected chi connectivity index (χ1v) is 2.56. The van der Waals surface area contributed by atoms with E-state index in [0.717, 1.165) is 0 Å². The molecule has 0 rings (SSSR count). The van der Waals surface area contributed by atoms with Crippen LogP contribution in [0.15, 0.2) is 0 Å². The Labute approximate surface area is 63.0 Å². The summed E-state index contributed by atoms with van der Waals surface area (Å²) in [6.45, 7) is 0. The predicted octanol–water partition coefficient (Wildman–Crippen LogP) is -0.559. The van der Waals surface area contributed by atoms with Crippen LogP contribution in [-0.2, 0) is 14.4 Å². The molecule has 0 aliphatic heterocycles. The van der Waals surface area contributed by atoms with E-state index >= 15 is 0 Å². The van der Waals surface area contributed by atoms with Crippen molar-refractivity contribution in [1.29, 1.82) is 5.41 Å². The number of primary amides is 1. The second kappa shape index (κ2) is 4.47. The number of ether oxygens (including phenoxy) is 1. The fourth-order valence-electron chi connectivity index (χ4n) is 0.373. The maximum Gasteiger partial charge on any atom is 0.412 e. The Morgan fingerprint density at radius 1 is 1.45 bits per heavy atom. The van der Waals surface area contributed by atoms with Crippen LogP contribution < -0.4 is 5.73 Å². The van der Waals surface area contributed by atoms with Crippen LogP contribution in [-0.4, -0.2) is 31.6 Å². The Kier molecular flexibility index (Phi) is 3.93. The van der Waals surface area contributed by atoms with E-state index in [-0.39, 0.29) is 0 Å². The molecular formula is C4H9N3O4. The number of hydrogen-bond acceptors (Lipinski definition) is 5. The van der Waals surface area contributed by atoms with Crippen LogP contribution >= 0.6 is 0 Å². The summed E-state index contributed by atoms with van der Waals surface area (Å²) in [5.41, 5.74) is 4.60. The minimum atomic E-state index is -1.10. The molecule has 1 amide bonds. The van der Waals surface area contributed by atoms with Gasteiger partial charge in [-0.05, 0) is 0 Å². The van der Waals surface area contributed by atoms with Crippen molar-refractivity contribution in [1.82, 2.24) is 5.23 Å². The van der Waals surface area contributed by atoms with E-state index in [1.54, 1.807) is 0 Å². The first-order valence-electron chi connectivity index (χ1n) is 2.56. The molecule has 0 aliphatic carbocycles. The Morgan fingerprint density at radius 3 is 2.18 bits per heavy atom. The van der Waals surface area contributed by atoms with Gasteiger partial charge < -0.3 is 10.5 Å². The van der Waals surface area contributed by atoms with E-state index in [1.165, 1.54) is 14.2 Å². The number of carbonyl (C=O) groups excluding carboxylic acids is 1. The molecule has 7 heteroatoms. The van der Waals surface area contributed by atoms with Crippen LogP contribution in [0.3, 0.4) is 0 Å². The second-order valence-corrected chi connectivity index (χ2v) is 1.35. The third kappa shape index (κ3) is 3.38. The van der Waals surface area contributed by atoms with Crippen LogP contribution in [0.1, 0.15) is 0 Å². The van der Waals surface area contributed by atoms with Crippen LogP contribution in [0.5, 0.6) is 0 Å². The third-order valence-corrected chi connectivity index (χ3v) is 0.695. The number of hydroxylamine groups is 2. The summed E-state index contributed by atoms with van der Waals surface area (Å²) >= 11 is 0. The first kappa shape index (κ1) is 9.66. The number of nitrogens with two attached hydrogens (primary N) is 1. The van der Waals surface area contributed by atoms with Gasteiger partial charge in [0, 0.05) is 0 Å². The number of amidine groups is 1. The smallest absolute Gasteiger partial charge is 0.373 e. The molecule has 0 aromatic rings. The lowest BCUT2D eigenvalue weighted by Crippen LogP contribution is -2.33. The lowest BCUT2D eigenvalue weighted by atomic mass is 11.1. The molecule has 0 aliphatic rings. The highest BCUT2D eigenvalue weighted by Gasteiger charge is 2.11. The molecule has 0 aromatic carbocycles. The summed E-state index contributed by atoms with van der Waals surface area (Å²) in [5.74, 6) is 0. The zero-order valence-corrected chi connectivity index (χ0v) is 6.16. The van der Waals surface area contributed by atoms with E-state index < -0.39 is 12.1 Å². The van der Waals surface area contributed by atoms with Crippen molar-refractivity contribution in [2.24, 2.45) is 5.73 Å². The highest BCUT2D eigenvalue weighted by Crippen LogP contribution is 1.91. The molecule has 0 fully saturated rings. The standard InChI is InChI=1S/C4H9N3O4/c1-9-7(10-2)3(5)11-4(6)8/h5H,1-2H3,(H2,6,8). The van der Waals surface area contributed by atoms with Crippen molar-refractivity contribution in [2.45, 2.75) is 0 Å². The van der Waals surface area contributed by atoms with E-state index in [1.807, 2.05) is 0 Å². The lowest BCUT2D eigenvalue weighted by molar-refractivity contribution is -0.296. The SMILES string of the molecule is CON(OC)C(=N)OC(N)=O. The second-order valence-electron chi connectivity index (χ2n) is 1.35.